The number of thioether (sulfide) groups is 1. The number of unbranched alkanes of at least 4 members (excludes halogenated alkanes) is 1. The molecule has 1 aliphatic rings. The summed E-state index contributed by atoms with van der Waals surface area (Å²) in [6, 6.07) is 11.0. The number of nitrogens with two attached hydrogens (primary N) is 3. The Morgan fingerprint density at radius 3 is 1.73 bits per heavy atom. The maximum absolute atomic E-state index is 14.8. The number of aromatic hydroxyl groups is 2. The fourth-order valence-electron chi connectivity index (χ4n) is 8.38. The normalized spacial score (nSPS) is 20.8. The number of carbonyl (C=O) groups excluding carboxylic acids is 10. The van der Waals surface area contributed by atoms with E-state index in [9.17, 15) is 63.3 Å². The van der Waals surface area contributed by atoms with Gasteiger partial charge in [0, 0.05) is 42.1 Å². The van der Waals surface area contributed by atoms with Crippen LogP contribution in [-0.2, 0) is 64.0 Å². The van der Waals surface area contributed by atoms with Gasteiger partial charge in [-0.05, 0) is 117 Å². The molecule has 0 saturated carbocycles. The van der Waals surface area contributed by atoms with Crippen molar-refractivity contribution in [3.05, 3.63) is 130 Å². The number of amides is 10. The van der Waals surface area contributed by atoms with Crippen LogP contribution in [0.5, 0.6) is 11.5 Å². The fourth-order valence-corrected chi connectivity index (χ4v) is 9.24. The molecule has 18 N–H and O–H groups in total. The quantitative estimate of drug-likeness (QED) is 0.0451. The van der Waals surface area contributed by atoms with Gasteiger partial charge in [0.05, 0.1) is 12.1 Å². The molecular formula is C55H69ClN12O13S. The van der Waals surface area contributed by atoms with Crippen molar-refractivity contribution < 1.29 is 63.3 Å². The van der Waals surface area contributed by atoms with Gasteiger partial charge in [-0.3, -0.25) is 47.9 Å². The summed E-state index contributed by atoms with van der Waals surface area (Å²) < 4.78 is 0. The summed E-state index contributed by atoms with van der Waals surface area (Å²) in [5.41, 5.74) is 19.5. The second-order valence-electron chi connectivity index (χ2n) is 19.5. The molecule has 10 amide bonds. The lowest BCUT2D eigenvalue weighted by molar-refractivity contribution is -0.137. The lowest BCUT2D eigenvalue weighted by Gasteiger charge is -2.28. The van der Waals surface area contributed by atoms with Gasteiger partial charge in [0.1, 0.15) is 53.8 Å². The first-order chi connectivity index (χ1) is 39.0. The van der Waals surface area contributed by atoms with Gasteiger partial charge in [-0.15, -0.1) is 0 Å². The maximum Gasteiger partial charge on any atom is 0.279 e. The number of carbonyl (C=O) groups is 10. The number of halogens is 1. The van der Waals surface area contributed by atoms with E-state index < -0.39 is 125 Å². The molecule has 1 unspecified atom stereocenters. The topological polar surface area (TPSA) is 418 Å². The molecule has 9 atom stereocenters. The number of primary amides is 2. The molecule has 1 heterocycles. The summed E-state index contributed by atoms with van der Waals surface area (Å²) in [5.74, 6) is -9.47. The highest BCUT2D eigenvalue weighted by Gasteiger charge is 2.37. The zero-order valence-corrected chi connectivity index (χ0v) is 46.5. The highest BCUT2D eigenvalue weighted by atomic mass is 35.5. The van der Waals surface area contributed by atoms with Crippen molar-refractivity contribution in [1.82, 2.24) is 47.9 Å². The van der Waals surface area contributed by atoms with Crippen LogP contribution in [0.15, 0.2) is 97.1 Å². The Morgan fingerprint density at radius 1 is 0.671 bits per heavy atom. The highest BCUT2D eigenvalue weighted by molar-refractivity contribution is 8.13. The third kappa shape index (κ3) is 20.7. The first-order valence-electron chi connectivity index (χ1n) is 26.1. The molecule has 1 fully saturated rings. The zero-order valence-electron chi connectivity index (χ0n) is 44.9. The van der Waals surface area contributed by atoms with Gasteiger partial charge < -0.3 is 80.4 Å². The highest BCUT2D eigenvalue weighted by Crippen LogP contribution is 2.17. The molecular weight excluding hydrogens is 1100 g/mol. The van der Waals surface area contributed by atoms with Gasteiger partial charge in [-0.1, -0.05) is 71.9 Å². The molecule has 5 rings (SSSR count). The van der Waals surface area contributed by atoms with Crippen LogP contribution in [0.4, 0.5) is 4.79 Å². The fraction of sp³-hybridized carbons (Fsp3) is 0.382. The van der Waals surface area contributed by atoms with Crippen LogP contribution in [0, 0.1) is 0 Å². The summed E-state index contributed by atoms with van der Waals surface area (Å²) in [6.45, 7) is 0.939. The number of hydrogen-bond acceptors (Lipinski definition) is 16. The van der Waals surface area contributed by atoms with Gasteiger partial charge in [-0.2, -0.15) is 0 Å². The Morgan fingerprint density at radius 2 is 1.18 bits per heavy atom. The minimum atomic E-state index is -1.84. The van der Waals surface area contributed by atoms with Crippen LogP contribution in [0.25, 0.3) is 0 Å². The number of hydrogen-bond donors (Lipinski definition) is 15. The number of rotatable bonds is 20. The van der Waals surface area contributed by atoms with Crippen molar-refractivity contribution in [3.8, 4) is 11.5 Å². The van der Waals surface area contributed by atoms with Crippen LogP contribution < -0.4 is 65.1 Å². The van der Waals surface area contributed by atoms with Gasteiger partial charge >= 0.3 is 0 Å². The summed E-state index contributed by atoms with van der Waals surface area (Å²) in [5, 5.41) is 53.7. The van der Waals surface area contributed by atoms with Crippen molar-refractivity contribution in [1.29, 1.82) is 0 Å². The Kier molecular flexibility index (Phi) is 24.9. The molecule has 0 spiro atoms. The van der Waals surface area contributed by atoms with Crippen molar-refractivity contribution in [2.24, 2.45) is 17.2 Å². The summed E-state index contributed by atoms with van der Waals surface area (Å²) >= 11 is 6.49. The molecule has 0 radical (unpaired) electrons. The molecule has 1 aliphatic heterocycles. The minimum absolute atomic E-state index is 0.0277. The van der Waals surface area contributed by atoms with E-state index in [-0.39, 0.29) is 49.2 Å². The van der Waals surface area contributed by atoms with Crippen molar-refractivity contribution in [2.75, 3.05) is 25.9 Å². The van der Waals surface area contributed by atoms with Crippen LogP contribution in [0.2, 0.25) is 5.02 Å². The molecule has 440 valence electrons. The van der Waals surface area contributed by atoms with Crippen LogP contribution in [0.3, 0.4) is 0 Å². The molecule has 0 aromatic heterocycles. The van der Waals surface area contributed by atoms with Gasteiger partial charge in [0.25, 0.3) is 5.24 Å². The van der Waals surface area contributed by atoms with Crippen LogP contribution >= 0.6 is 23.4 Å². The van der Waals surface area contributed by atoms with E-state index in [0.29, 0.717) is 58.4 Å². The van der Waals surface area contributed by atoms with Crippen molar-refractivity contribution in [2.45, 2.75) is 106 Å². The molecule has 25 nitrogen and oxygen atoms in total. The minimum Gasteiger partial charge on any atom is -0.508 e. The maximum atomic E-state index is 14.8. The average Bonchev–Trinajstić information content (AvgIpc) is 3.60. The monoisotopic (exact) mass is 1170 g/mol. The third-order valence-electron chi connectivity index (χ3n) is 13.0. The van der Waals surface area contributed by atoms with E-state index in [2.05, 4.69) is 47.9 Å². The number of phenols is 2. The lowest BCUT2D eigenvalue weighted by Crippen LogP contribution is -2.63. The number of benzene rings is 4. The number of aliphatic hydroxyl groups is 1. The van der Waals surface area contributed by atoms with Crippen molar-refractivity contribution >= 4 is 81.8 Å². The molecule has 4 aromatic carbocycles. The summed E-state index contributed by atoms with van der Waals surface area (Å²) in [4.78, 5) is 139. The van der Waals surface area contributed by atoms with E-state index in [0.717, 1.165) is 0 Å². The Hall–Kier alpha value is -8.30. The predicted octanol–water partition coefficient (Wildman–Crippen LogP) is -1.45. The standard InChI is InChI=1S/C55H69ClN12O13S/c1-29(69)45-54(80)66-43(52(78)63-40(47(59)73)24-32-10-18-36(70)19-11-32)27-61-55(81)82-28-44(67-48(74)38(57)23-30-8-16-35(56)17-9-30)53(79)65-42(26-33-12-20-37(71)21-13-33)51(77)64-41(25-31-6-14-34(15-7-31)46(58)72)50(76)62-39(49(75)68-45)5-3-4-22-60-2/h6-21,29,38-45,60,69-71H,3-5,22-28,57H2,1-2H3,(H2,58,72)(H2,59,73)(H,61,81)(H,62,76)(H,63,78)(H,64,77)(H,65,79)(H,66,80)(H,67,74)(H,68,75)/t29?,38-,39-,40+,41+,42-,43-,44+,45-/m0/s1. The van der Waals surface area contributed by atoms with Gasteiger partial charge in [-0.25, -0.2) is 0 Å². The number of phenolic OH excluding ortho intramolecular Hbond substituents is 2. The first kappa shape index (κ1) is 64.5. The van der Waals surface area contributed by atoms with Crippen LogP contribution in [-0.4, -0.2) is 154 Å². The van der Waals surface area contributed by atoms with E-state index in [1.54, 1.807) is 31.3 Å². The van der Waals surface area contributed by atoms with Crippen molar-refractivity contribution in [3.63, 3.8) is 0 Å². The lowest BCUT2D eigenvalue weighted by atomic mass is 10.00. The molecule has 0 bridgehead atoms. The Balaban J connectivity index is 1.59. The molecule has 82 heavy (non-hydrogen) atoms. The molecule has 27 heteroatoms. The molecule has 4 aromatic rings. The first-order valence-corrected chi connectivity index (χ1v) is 27.5. The molecule has 0 aliphatic carbocycles. The molecule has 1 saturated heterocycles. The second-order valence-corrected chi connectivity index (χ2v) is 20.9. The Labute approximate surface area is 481 Å². The SMILES string of the molecule is CNCCCC[C@@H]1NC(=O)[C@@H](Cc2ccc(C(N)=O)cc2)NC(=O)[C@H](Cc2ccc(O)cc2)NC(=O)[C@H](NC(=O)[C@@H](N)Cc2ccc(Cl)cc2)CSC(=O)NC[C@@H](C(=O)N[C@H](Cc2ccc(O)cc2)C(N)=O)NC(=O)[C@H](C(C)O)NC1=O. The Bertz CT molecular complexity index is 2890. The van der Waals surface area contributed by atoms with E-state index in [1.807, 2.05) is 0 Å². The number of nitrogens with one attached hydrogen (secondary N) is 9. The van der Waals surface area contributed by atoms with Crippen LogP contribution in [0.1, 0.15) is 58.8 Å². The number of aliphatic hydroxyl groups excluding tert-OH is 1. The largest absolute Gasteiger partial charge is 0.508 e. The summed E-state index contributed by atoms with van der Waals surface area (Å²) in [7, 11) is 1.71. The second kappa shape index (κ2) is 31.6. The third-order valence-corrected chi connectivity index (χ3v) is 14.2. The average molecular weight is 1170 g/mol. The smallest absolute Gasteiger partial charge is 0.279 e. The van der Waals surface area contributed by atoms with E-state index in [4.69, 9.17) is 28.8 Å². The van der Waals surface area contributed by atoms with E-state index in [1.165, 1.54) is 79.7 Å². The predicted molar refractivity (Wildman–Crippen MR) is 303 cm³/mol. The summed E-state index contributed by atoms with van der Waals surface area (Å²) in [6.07, 6.45) is -1.70. The van der Waals surface area contributed by atoms with Gasteiger partial charge in [0.2, 0.25) is 53.2 Å². The van der Waals surface area contributed by atoms with E-state index >= 15 is 0 Å². The zero-order chi connectivity index (χ0) is 60.0. The van der Waals surface area contributed by atoms with Gasteiger partial charge in [0.15, 0.2) is 0 Å².